The Morgan fingerprint density at radius 2 is 0.583 bits per heavy atom. The average molecular weight is 614 g/mol. The van der Waals surface area contributed by atoms with Crippen LogP contribution in [0.2, 0.25) is 0 Å². The van der Waals surface area contributed by atoms with Crippen LogP contribution in [-0.4, -0.2) is 13.4 Å². The molecule has 48 heavy (non-hydrogen) atoms. The maximum Gasteiger partial charge on any atom is 0.260 e. The van der Waals surface area contributed by atoms with E-state index in [0.29, 0.717) is 0 Å². The topological polar surface area (TPSA) is 36.9 Å². The largest absolute Gasteiger partial charge is 0.458 e. The third kappa shape index (κ3) is 3.68. The summed E-state index contributed by atoms with van der Waals surface area (Å²) in [6.45, 7) is 0.105. The first kappa shape index (κ1) is 26.0. The molecule has 7 aromatic rings. The van der Waals surface area contributed by atoms with Crippen LogP contribution in [0.3, 0.4) is 0 Å². The van der Waals surface area contributed by atoms with E-state index in [2.05, 4.69) is 121 Å². The van der Waals surface area contributed by atoms with Crippen molar-refractivity contribution in [2.75, 3.05) is 0 Å². The third-order valence-electron chi connectivity index (χ3n) is 10.1. The average Bonchev–Trinajstić information content (AvgIpc) is 3.14. The predicted molar refractivity (Wildman–Crippen MR) is 193 cm³/mol. The predicted octanol–water partition coefficient (Wildman–Crippen LogP) is 6.48. The second-order valence-electron chi connectivity index (χ2n) is 12.8. The summed E-state index contributed by atoms with van der Waals surface area (Å²) in [5.41, 5.74) is 11.0. The van der Waals surface area contributed by atoms with E-state index >= 15 is 0 Å². The number of hydrogen-bond donors (Lipinski definition) is 0. The minimum Gasteiger partial charge on any atom is -0.458 e. The molecule has 0 bridgehead atoms. The Morgan fingerprint density at radius 1 is 0.271 bits per heavy atom. The van der Waals surface area contributed by atoms with Gasteiger partial charge in [0.1, 0.15) is 46.0 Å². The van der Waals surface area contributed by atoms with Crippen LogP contribution in [0.5, 0.6) is 46.0 Å². The van der Waals surface area contributed by atoms with Crippen LogP contribution >= 0.6 is 0 Å². The minimum atomic E-state index is 0.0526. The maximum atomic E-state index is 6.57. The van der Waals surface area contributed by atoms with E-state index in [0.717, 1.165) is 101 Å². The lowest BCUT2D eigenvalue weighted by atomic mass is 9.35. The van der Waals surface area contributed by atoms with Crippen molar-refractivity contribution in [2.24, 2.45) is 0 Å². The summed E-state index contributed by atoms with van der Waals surface area (Å²) < 4.78 is 26.3. The molecule has 11 rings (SSSR count). The fraction of sp³-hybridized carbons (Fsp3) is 0. The van der Waals surface area contributed by atoms with Crippen molar-refractivity contribution in [3.63, 3.8) is 0 Å². The molecule has 4 aliphatic heterocycles. The molecule has 0 atom stereocenters. The van der Waals surface area contributed by atoms with Gasteiger partial charge in [-0.25, -0.2) is 0 Å². The van der Waals surface area contributed by atoms with Gasteiger partial charge in [-0.15, -0.1) is 0 Å². The standard InChI is InChI=1S/C42H24B2O4/c1-5-16-33-29(12-1)43-30-13-2-6-17-34(30)46-38-22-27(21-37(45-33)41(38)43)25-10-9-11-26(20-25)28-23-39-42-40(24-28)48-36-19-8-4-15-32(36)44(42)31-14-3-7-18-35(31)47-39/h1-24H. The number of fused-ring (bicyclic) bond motifs is 8. The maximum absolute atomic E-state index is 6.57. The molecule has 4 heterocycles. The van der Waals surface area contributed by atoms with Gasteiger partial charge in [0.05, 0.1) is 0 Å². The van der Waals surface area contributed by atoms with Crippen LogP contribution in [0.25, 0.3) is 22.3 Å². The number of rotatable bonds is 2. The van der Waals surface area contributed by atoms with Crippen molar-refractivity contribution in [3.05, 3.63) is 146 Å². The molecular weight excluding hydrogens is 590 g/mol. The number of ether oxygens (including phenoxy) is 4. The van der Waals surface area contributed by atoms with Gasteiger partial charge in [-0.05, 0) is 98.7 Å². The molecule has 0 unspecified atom stereocenters. The molecule has 0 aliphatic carbocycles. The quantitative estimate of drug-likeness (QED) is 0.209. The molecule has 0 aromatic heterocycles. The van der Waals surface area contributed by atoms with Crippen molar-refractivity contribution in [1.29, 1.82) is 0 Å². The van der Waals surface area contributed by atoms with Crippen molar-refractivity contribution >= 4 is 46.2 Å². The minimum absolute atomic E-state index is 0.0526. The molecule has 0 spiro atoms. The highest BCUT2D eigenvalue weighted by molar-refractivity contribution is 6.99. The SMILES string of the molecule is c1cc(-c2cc3c4c(c2)Oc2ccccc2B4c2ccccc2O3)cc(-c2cc3c4c(c2)Oc2ccccc2B4c2ccccc2O3)c1. The zero-order chi connectivity index (χ0) is 31.3. The summed E-state index contributed by atoms with van der Waals surface area (Å²) in [6, 6.07) is 50.5. The molecule has 0 amide bonds. The molecule has 4 aliphatic rings. The van der Waals surface area contributed by atoms with Gasteiger partial charge in [-0.3, -0.25) is 0 Å². The van der Waals surface area contributed by atoms with Crippen LogP contribution in [0.1, 0.15) is 0 Å². The summed E-state index contributed by atoms with van der Waals surface area (Å²) in [5, 5.41) is 0. The zero-order valence-electron chi connectivity index (χ0n) is 25.6. The van der Waals surface area contributed by atoms with Gasteiger partial charge in [0.15, 0.2) is 0 Å². The Kier molecular flexibility index (Phi) is 5.25. The highest BCUT2D eigenvalue weighted by Crippen LogP contribution is 2.41. The van der Waals surface area contributed by atoms with E-state index in [1.807, 2.05) is 24.3 Å². The summed E-state index contributed by atoms with van der Waals surface area (Å²) in [7, 11) is 0. The van der Waals surface area contributed by atoms with Crippen molar-refractivity contribution in [2.45, 2.75) is 0 Å². The Bertz CT molecular complexity index is 2200. The summed E-state index contributed by atoms with van der Waals surface area (Å²) in [6.07, 6.45) is 0. The Hall–Kier alpha value is -6.13. The lowest BCUT2D eigenvalue weighted by Gasteiger charge is -2.33. The summed E-state index contributed by atoms with van der Waals surface area (Å²) in [5.74, 6) is 6.84. The Labute approximate surface area is 278 Å². The van der Waals surface area contributed by atoms with Crippen molar-refractivity contribution < 1.29 is 18.9 Å². The van der Waals surface area contributed by atoms with Gasteiger partial charge in [0.2, 0.25) is 0 Å². The van der Waals surface area contributed by atoms with Crippen LogP contribution in [0, 0.1) is 0 Å². The van der Waals surface area contributed by atoms with E-state index in [1.165, 1.54) is 0 Å². The molecule has 0 radical (unpaired) electrons. The zero-order valence-corrected chi connectivity index (χ0v) is 25.6. The van der Waals surface area contributed by atoms with Crippen molar-refractivity contribution in [3.8, 4) is 68.2 Å². The third-order valence-corrected chi connectivity index (χ3v) is 10.1. The molecule has 6 heteroatoms. The molecule has 7 aromatic carbocycles. The Morgan fingerprint density at radius 3 is 0.917 bits per heavy atom. The first-order valence-corrected chi connectivity index (χ1v) is 16.3. The van der Waals surface area contributed by atoms with E-state index < -0.39 is 0 Å². The first-order chi connectivity index (χ1) is 23.8. The molecule has 0 saturated heterocycles. The van der Waals surface area contributed by atoms with E-state index in [9.17, 15) is 0 Å². The van der Waals surface area contributed by atoms with Crippen LogP contribution in [0.4, 0.5) is 0 Å². The van der Waals surface area contributed by atoms with Gasteiger partial charge in [0, 0.05) is 10.9 Å². The Balaban J connectivity index is 1.04. The summed E-state index contributed by atoms with van der Waals surface area (Å²) >= 11 is 0. The smallest absolute Gasteiger partial charge is 0.260 e. The number of benzene rings is 7. The van der Waals surface area contributed by atoms with Gasteiger partial charge in [-0.1, -0.05) is 91.0 Å². The highest BCUT2D eigenvalue weighted by atomic mass is 16.5. The van der Waals surface area contributed by atoms with Gasteiger partial charge in [-0.2, -0.15) is 0 Å². The molecule has 0 fully saturated rings. The monoisotopic (exact) mass is 614 g/mol. The fourth-order valence-corrected chi connectivity index (χ4v) is 8.00. The van der Waals surface area contributed by atoms with Crippen molar-refractivity contribution in [1.82, 2.24) is 0 Å². The van der Waals surface area contributed by atoms with E-state index in [-0.39, 0.29) is 13.4 Å². The molecule has 4 nitrogen and oxygen atoms in total. The van der Waals surface area contributed by atoms with E-state index in [4.69, 9.17) is 18.9 Å². The molecule has 0 N–H and O–H groups in total. The van der Waals surface area contributed by atoms with Gasteiger partial charge in [0.25, 0.3) is 13.4 Å². The second kappa shape index (κ2) is 9.69. The number of hydrogen-bond acceptors (Lipinski definition) is 4. The lowest BCUT2D eigenvalue weighted by molar-refractivity contribution is 0.464. The molecule has 0 saturated carbocycles. The molecule has 222 valence electrons. The second-order valence-corrected chi connectivity index (χ2v) is 12.8. The van der Waals surface area contributed by atoms with Gasteiger partial charge < -0.3 is 18.9 Å². The van der Waals surface area contributed by atoms with Crippen LogP contribution in [0.15, 0.2) is 146 Å². The normalized spacial score (nSPS) is 13.6. The number of para-hydroxylation sites is 4. The van der Waals surface area contributed by atoms with E-state index in [1.54, 1.807) is 0 Å². The van der Waals surface area contributed by atoms with Gasteiger partial charge >= 0.3 is 0 Å². The first-order valence-electron chi connectivity index (χ1n) is 16.3. The fourth-order valence-electron chi connectivity index (χ4n) is 8.00. The lowest BCUT2D eigenvalue weighted by Crippen LogP contribution is -2.57. The van der Waals surface area contributed by atoms with Crippen LogP contribution < -0.4 is 51.7 Å². The summed E-state index contributed by atoms with van der Waals surface area (Å²) in [4.78, 5) is 0. The highest BCUT2D eigenvalue weighted by Gasteiger charge is 2.41. The van der Waals surface area contributed by atoms with Crippen LogP contribution in [-0.2, 0) is 0 Å². The molecular formula is C42H24B2O4.